The Morgan fingerprint density at radius 2 is 1.97 bits per heavy atom. The molecule has 3 heterocycles. The number of hydrogen-bond donors (Lipinski definition) is 2. The standard InChI is InChI=1S/C23H32N6O3S/c1-16-5-4-6-18(17(16)2)13-21-20(15-25-7-12-33(3,30)31)26-23-19(24)14-22(27-29(21)23)28-8-10-32-11-9-28/h4-6,14,25H,7-13,15,24H2,1-3H3. The molecule has 0 radical (unpaired) electrons. The highest BCUT2D eigenvalue weighted by Crippen LogP contribution is 2.25. The molecule has 1 aromatic carbocycles. The van der Waals surface area contributed by atoms with Gasteiger partial charge in [-0.3, -0.25) is 0 Å². The Hall–Kier alpha value is -2.69. The maximum atomic E-state index is 11.5. The summed E-state index contributed by atoms with van der Waals surface area (Å²) in [4.78, 5) is 6.97. The number of nitrogens with two attached hydrogens (primary N) is 1. The Morgan fingerprint density at radius 3 is 2.70 bits per heavy atom. The summed E-state index contributed by atoms with van der Waals surface area (Å²) in [6.45, 7) is 7.87. The number of sulfone groups is 1. The lowest BCUT2D eigenvalue weighted by Crippen LogP contribution is -2.37. The second-order valence-corrected chi connectivity index (χ2v) is 10.9. The molecule has 1 aliphatic rings. The number of imidazole rings is 1. The minimum Gasteiger partial charge on any atom is -0.396 e. The van der Waals surface area contributed by atoms with Crippen molar-refractivity contribution in [2.24, 2.45) is 0 Å². The maximum Gasteiger partial charge on any atom is 0.177 e. The normalized spacial score (nSPS) is 14.8. The van der Waals surface area contributed by atoms with Crippen molar-refractivity contribution in [3.63, 3.8) is 0 Å². The summed E-state index contributed by atoms with van der Waals surface area (Å²) in [5.74, 6) is 0.883. The molecule has 1 aliphatic heterocycles. The monoisotopic (exact) mass is 472 g/mol. The van der Waals surface area contributed by atoms with E-state index in [4.69, 9.17) is 20.6 Å². The average molecular weight is 473 g/mol. The van der Waals surface area contributed by atoms with Crippen LogP contribution in [0.25, 0.3) is 5.65 Å². The van der Waals surface area contributed by atoms with E-state index in [1.54, 1.807) is 0 Å². The smallest absolute Gasteiger partial charge is 0.177 e. The number of nitrogens with one attached hydrogen (secondary N) is 1. The molecule has 178 valence electrons. The molecule has 0 atom stereocenters. The number of nitrogen functional groups attached to an aromatic ring is 1. The van der Waals surface area contributed by atoms with Gasteiger partial charge in [-0.25, -0.2) is 17.9 Å². The van der Waals surface area contributed by atoms with E-state index < -0.39 is 9.84 Å². The van der Waals surface area contributed by atoms with E-state index in [0.717, 1.165) is 30.3 Å². The van der Waals surface area contributed by atoms with Crippen molar-refractivity contribution in [3.8, 4) is 0 Å². The van der Waals surface area contributed by atoms with Crippen molar-refractivity contribution in [3.05, 3.63) is 52.3 Å². The molecule has 1 fully saturated rings. The van der Waals surface area contributed by atoms with Crippen LogP contribution in [0.3, 0.4) is 0 Å². The molecule has 2 aromatic heterocycles. The molecule has 10 heteroatoms. The van der Waals surface area contributed by atoms with E-state index in [1.165, 1.54) is 22.9 Å². The number of aromatic nitrogens is 3. The first-order valence-corrected chi connectivity index (χ1v) is 13.2. The summed E-state index contributed by atoms with van der Waals surface area (Å²) in [6, 6.07) is 8.16. The van der Waals surface area contributed by atoms with Gasteiger partial charge in [-0.15, -0.1) is 5.10 Å². The molecule has 0 spiro atoms. The molecular formula is C23H32N6O3S. The molecular weight excluding hydrogens is 440 g/mol. The fourth-order valence-electron chi connectivity index (χ4n) is 4.03. The van der Waals surface area contributed by atoms with Crippen molar-refractivity contribution in [2.75, 3.05) is 55.5 Å². The van der Waals surface area contributed by atoms with Crippen LogP contribution in [0.1, 0.15) is 28.1 Å². The van der Waals surface area contributed by atoms with Crippen LogP contribution in [0.5, 0.6) is 0 Å². The van der Waals surface area contributed by atoms with Gasteiger partial charge in [-0.1, -0.05) is 18.2 Å². The zero-order valence-corrected chi connectivity index (χ0v) is 20.3. The second kappa shape index (κ2) is 9.66. The second-order valence-electron chi connectivity index (χ2n) is 8.64. The summed E-state index contributed by atoms with van der Waals surface area (Å²) < 4.78 is 30.3. The molecule has 1 saturated heterocycles. The highest BCUT2D eigenvalue weighted by atomic mass is 32.2. The van der Waals surface area contributed by atoms with E-state index in [9.17, 15) is 8.42 Å². The first-order valence-electron chi connectivity index (χ1n) is 11.2. The third kappa shape index (κ3) is 5.45. The fraction of sp³-hybridized carbons (Fsp3) is 0.478. The molecule has 33 heavy (non-hydrogen) atoms. The predicted molar refractivity (Wildman–Crippen MR) is 131 cm³/mol. The van der Waals surface area contributed by atoms with E-state index in [0.29, 0.717) is 44.1 Å². The van der Waals surface area contributed by atoms with E-state index in [-0.39, 0.29) is 5.75 Å². The number of aryl methyl sites for hydroxylation is 1. The first-order chi connectivity index (χ1) is 15.7. The summed E-state index contributed by atoms with van der Waals surface area (Å²) in [5, 5.41) is 8.14. The number of anilines is 2. The van der Waals surface area contributed by atoms with Gasteiger partial charge in [0.2, 0.25) is 0 Å². The van der Waals surface area contributed by atoms with Crippen molar-refractivity contribution in [1.82, 2.24) is 19.9 Å². The number of fused-ring (bicyclic) bond motifs is 1. The Balaban J connectivity index is 1.73. The zero-order chi connectivity index (χ0) is 23.6. The Bertz CT molecular complexity index is 1250. The first kappa shape index (κ1) is 23.5. The molecule has 0 amide bonds. The summed E-state index contributed by atoms with van der Waals surface area (Å²) in [5.41, 5.74) is 13.1. The quantitative estimate of drug-likeness (QED) is 0.474. The van der Waals surface area contributed by atoms with Gasteiger partial charge in [0.1, 0.15) is 9.84 Å². The van der Waals surface area contributed by atoms with Crippen LogP contribution in [0, 0.1) is 13.8 Å². The van der Waals surface area contributed by atoms with Gasteiger partial charge in [0.15, 0.2) is 11.5 Å². The lowest BCUT2D eigenvalue weighted by Gasteiger charge is -2.27. The van der Waals surface area contributed by atoms with Crippen LogP contribution >= 0.6 is 0 Å². The molecule has 0 saturated carbocycles. The minimum absolute atomic E-state index is 0.0776. The summed E-state index contributed by atoms with van der Waals surface area (Å²) in [6.07, 6.45) is 1.89. The number of rotatable bonds is 8. The zero-order valence-electron chi connectivity index (χ0n) is 19.5. The van der Waals surface area contributed by atoms with E-state index in [1.807, 2.05) is 10.6 Å². The summed E-state index contributed by atoms with van der Waals surface area (Å²) in [7, 11) is -3.03. The number of nitrogens with zero attached hydrogens (tertiary/aromatic N) is 4. The average Bonchev–Trinajstić information content (AvgIpc) is 3.12. The molecule has 0 bridgehead atoms. The van der Waals surface area contributed by atoms with Gasteiger partial charge in [-0.05, 0) is 30.5 Å². The van der Waals surface area contributed by atoms with E-state index >= 15 is 0 Å². The molecule has 4 rings (SSSR count). The molecule has 3 N–H and O–H groups in total. The van der Waals surface area contributed by atoms with E-state index in [2.05, 4.69) is 42.3 Å². The van der Waals surface area contributed by atoms with Gasteiger partial charge in [0.25, 0.3) is 0 Å². The predicted octanol–water partition coefficient (Wildman–Crippen LogP) is 1.49. The molecule has 0 aliphatic carbocycles. The van der Waals surface area contributed by atoms with Crippen molar-refractivity contribution in [2.45, 2.75) is 26.8 Å². The lowest BCUT2D eigenvalue weighted by atomic mass is 9.99. The Kier molecular flexibility index (Phi) is 6.87. The number of hydrogen-bond acceptors (Lipinski definition) is 8. The van der Waals surface area contributed by atoms with Crippen LogP contribution in [-0.2, 0) is 27.5 Å². The fourth-order valence-corrected chi connectivity index (χ4v) is 4.55. The summed E-state index contributed by atoms with van der Waals surface area (Å²) >= 11 is 0. The highest BCUT2D eigenvalue weighted by Gasteiger charge is 2.20. The van der Waals surface area contributed by atoms with Crippen molar-refractivity contribution in [1.29, 1.82) is 0 Å². The maximum absolute atomic E-state index is 11.5. The van der Waals surface area contributed by atoms with Crippen LogP contribution in [0.15, 0.2) is 24.3 Å². The van der Waals surface area contributed by atoms with Gasteiger partial charge >= 0.3 is 0 Å². The number of ether oxygens (including phenoxy) is 1. The highest BCUT2D eigenvalue weighted by molar-refractivity contribution is 7.90. The third-order valence-corrected chi connectivity index (χ3v) is 7.07. The van der Waals surface area contributed by atoms with Gasteiger partial charge in [0, 0.05) is 44.9 Å². The van der Waals surface area contributed by atoms with Crippen molar-refractivity contribution >= 4 is 27.0 Å². The molecule has 9 nitrogen and oxygen atoms in total. The van der Waals surface area contributed by atoms with Gasteiger partial charge < -0.3 is 20.7 Å². The van der Waals surface area contributed by atoms with Crippen LogP contribution < -0.4 is 16.0 Å². The SMILES string of the molecule is Cc1cccc(Cc2c(CNCCS(C)(=O)=O)nc3c(N)cc(N4CCOCC4)nn23)c1C. The molecule has 3 aromatic rings. The number of benzene rings is 1. The minimum atomic E-state index is -3.03. The largest absolute Gasteiger partial charge is 0.396 e. The van der Waals surface area contributed by atoms with Crippen LogP contribution in [0.4, 0.5) is 11.5 Å². The lowest BCUT2D eigenvalue weighted by molar-refractivity contribution is 0.122. The van der Waals surface area contributed by atoms with Crippen molar-refractivity contribution < 1.29 is 13.2 Å². The topological polar surface area (TPSA) is 115 Å². The Labute approximate surface area is 194 Å². The third-order valence-electron chi connectivity index (χ3n) is 6.13. The number of morpholine rings is 1. The Morgan fingerprint density at radius 1 is 1.21 bits per heavy atom. The van der Waals surface area contributed by atoms with Crippen LogP contribution in [-0.4, -0.2) is 67.9 Å². The molecule has 0 unspecified atom stereocenters. The van der Waals surface area contributed by atoms with Gasteiger partial charge in [0.05, 0.1) is 36.0 Å². The van der Waals surface area contributed by atoms with Crippen LogP contribution in [0.2, 0.25) is 0 Å². The van der Waals surface area contributed by atoms with Gasteiger partial charge in [-0.2, -0.15) is 0 Å².